The van der Waals surface area contributed by atoms with Crippen LogP contribution in [0.15, 0.2) is 16.9 Å². The smallest absolute Gasteiger partial charge is 0.346 e. The van der Waals surface area contributed by atoms with Crippen molar-refractivity contribution in [3.8, 4) is 17.2 Å². The van der Waals surface area contributed by atoms with Gasteiger partial charge in [0.05, 0.1) is 20.8 Å². The van der Waals surface area contributed by atoms with Crippen molar-refractivity contribution in [2.24, 2.45) is 0 Å². The summed E-state index contributed by atoms with van der Waals surface area (Å²) in [6.07, 6.45) is 0. The van der Waals surface area contributed by atoms with Crippen molar-refractivity contribution in [1.29, 1.82) is 0 Å². The van der Waals surface area contributed by atoms with Crippen molar-refractivity contribution < 1.29 is 24.1 Å². The van der Waals surface area contributed by atoms with Crippen LogP contribution in [0.4, 0.5) is 0 Å². The minimum Gasteiger partial charge on any atom is -0.506 e. The standard InChI is InChI=1S/C14H14O6S/c1-4-20-13(16)11-12(15)7-5-8(18-2)9(19-3)6-10(7)21-14(11)17/h5-6,15H,4H2,1-3H3. The molecule has 0 bridgehead atoms. The van der Waals surface area contributed by atoms with Crippen LogP contribution in [0.25, 0.3) is 10.1 Å². The van der Waals surface area contributed by atoms with E-state index in [-0.39, 0.29) is 12.2 Å². The van der Waals surface area contributed by atoms with Gasteiger partial charge in [-0.2, -0.15) is 0 Å². The lowest BCUT2D eigenvalue weighted by atomic mass is 10.1. The fourth-order valence-corrected chi connectivity index (χ4v) is 2.81. The number of rotatable bonds is 4. The molecule has 6 nitrogen and oxygen atoms in total. The number of aromatic hydroxyl groups is 1. The van der Waals surface area contributed by atoms with E-state index >= 15 is 0 Å². The fraction of sp³-hybridized carbons (Fsp3) is 0.286. The molecule has 0 amide bonds. The lowest BCUT2D eigenvalue weighted by Gasteiger charge is -2.11. The third-order valence-electron chi connectivity index (χ3n) is 2.86. The van der Waals surface area contributed by atoms with Crippen LogP contribution < -0.4 is 14.2 Å². The zero-order valence-corrected chi connectivity index (χ0v) is 12.6. The molecule has 7 heteroatoms. The number of fused-ring (bicyclic) bond motifs is 1. The quantitative estimate of drug-likeness (QED) is 0.871. The van der Waals surface area contributed by atoms with Gasteiger partial charge in [0, 0.05) is 16.2 Å². The molecule has 2 aromatic rings. The number of ether oxygens (including phenoxy) is 3. The number of hydrogen-bond donors (Lipinski definition) is 1. The van der Waals surface area contributed by atoms with Gasteiger partial charge in [0.2, 0.25) is 0 Å². The van der Waals surface area contributed by atoms with Gasteiger partial charge >= 0.3 is 5.97 Å². The topological polar surface area (TPSA) is 82.1 Å². The van der Waals surface area contributed by atoms with Crippen LogP contribution in [0.3, 0.4) is 0 Å². The number of esters is 1. The van der Waals surface area contributed by atoms with E-state index in [1.807, 2.05) is 0 Å². The van der Waals surface area contributed by atoms with E-state index < -0.39 is 16.5 Å². The Balaban J connectivity index is 2.76. The third kappa shape index (κ3) is 2.64. The van der Waals surface area contributed by atoms with E-state index in [0.717, 1.165) is 11.3 Å². The molecule has 1 N–H and O–H groups in total. The maximum absolute atomic E-state index is 12.0. The summed E-state index contributed by atoms with van der Waals surface area (Å²) in [6.45, 7) is 1.74. The van der Waals surface area contributed by atoms with E-state index in [0.29, 0.717) is 21.6 Å². The first-order valence-corrected chi connectivity index (χ1v) is 6.94. The maximum Gasteiger partial charge on any atom is 0.346 e. The Bertz CT molecular complexity index is 749. The van der Waals surface area contributed by atoms with Crippen molar-refractivity contribution in [3.05, 3.63) is 27.2 Å². The van der Waals surface area contributed by atoms with Crippen LogP contribution in [0.5, 0.6) is 17.2 Å². The first-order valence-electron chi connectivity index (χ1n) is 6.12. The highest BCUT2D eigenvalue weighted by molar-refractivity contribution is 7.16. The number of benzene rings is 1. The van der Waals surface area contributed by atoms with Crippen LogP contribution in [0.1, 0.15) is 17.3 Å². The van der Waals surface area contributed by atoms with Gasteiger partial charge in [0.25, 0.3) is 4.74 Å². The van der Waals surface area contributed by atoms with Crippen LogP contribution >= 0.6 is 11.3 Å². The molecule has 0 saturated carbocycles. The molecular weight excluding hydrogens is 296 g/mol. The minimum atomic E-state index is -0.840. The van der Waals surface area contributed by atoms with Crippen molar-refractivity contribution in [3.63, 3.8) is 0 Å². The normalized spacial score (nSPS) is 10.4. The van der Waals surface area contributed by atoms with E-state index in [9.17, 15) is 14.7 Å². The Labute approximate surface area is 124 Å². The van der Waals surface area contributed by atoms with Crippen LogP contribution in [0.2, 0.25) is 0 Å². The molecule has 2 rings (SSSR count). The van der Waals surface area contributed by atoms with Gasteiger partial charge < -0.3 is 19.3 Å². The molecule has 0 radical (unpaired) electrons. The second-order valence-electron chi connectivity index (χ2n) is 4.04. The Morgan fingerprint density at radius 1 is 1.24 bits per heavy atom. The number of carbonyl (C=O) groups excluding carboxylic acids is 1. The van der Waals surface area contributed by atoms with E-state index in [4.69, 9.17) is 14.2 Å². The molecule has 0 aliphatic heterocycles. The first kappa shape index (κ1) is 15.1. The predicted molar refractivity (Wildman–Crippen MR) is 78.8 cm³/mol. The van der Waals surface area contributed by atoms with Crippen LogP contribution in [0, 0.1) is 0 Å². The zero-order valence-electron chi connectivity index (χ0n) is 11.8. The van der Waals surface area contributed by atoms with Crippen LogP contribution in [-0.2, 0) is 4.74 Å². The molecule has 1 aromatic carbocycles. The van der Waals surface area contributed by atoms with Crippen LogP contribution in [-0.4, -0.2) is 31.9 Å². The number of carbonyl (C=O) groups is 1. The Hall–Kier alpha value is -2.28. The highest BCUT2D eigenvalue weighted by atomic mass is 32.1. The summed E-state index contributed by atoms with van der Waals surface area (Å²) in [6, 6.07) is 3.09. The largest absolute Gasteiger partial charge is 0.506 e. The summed E-state index contributed by atoms with van der Waals surface area (Å²) in [7, 11) is 2.93. The summed E-state index contributed by atoms with van der Waals surface area (Å²) < 4.78 is 15.0. The molecule has 0 fully saturated rings. The predicted octanol–water partition coefficient (Wildman–Crippen LogP) is 2.16. The van der Waals surface area contributed by atoms with Gasteiger partial charge in [-0.1, -0.05) is 11.3 Å². The monoisotopic (exact) mass is 310 g/mol. The van der Waals surface area contributed by atoms with Gasteiger partial charge in [-0.25, -0.2) is 4.79 Å². The summed E-state index contributed by atoms with van der Waals surface area (Å²) in [5.74, 6) is -0.425. The molecule has 0 saturated heterocycles. The lowest BCUT2D eigenvalue weighted by Crippen LogP contribution is -2.15. The average Bonchev–Trinajstić information content (AvgIpc) is 2.46. The summed E-state index contributed by atoms with van der Waals surface area (Å²) in [4.78, 5) is 23.8. The molecule has 1 heterocycles. The molecular formula is C14H14O6S. The summed E-state index contributed by atoms with van der Waals surface area (Å²) in [5, 5.41) is 10.6. The lowest BCUT2D eigenvalue weighted by molar-refractivity contribution is 0.0522. The average molecular weight is 310 g/mol. The number of hydrogen-bond acceptors (Lipinski definition) is 7. The van der Waals surface area contributed by atoms with Gasteiger partial charge in [0.15, 0.2) is 17.1 Å². The molecule has 112 valence electrons. The zero-order chi connectivity index (χ0) is 15.6. The van der Waals surface area contributed by atoms with Gasteiger partial charge in [-0.3, -0.25) is 4.79 Å². The van der Waals surface area contributed by atoms with E-state index in [2.05, 4.69) is 0 Å². The first-order chi connectivity index (χ1) is 10.0. The molecule has 1 aromatic heterocycles. The second kappa shape index (κ2) is 6.01. The Morgan fingerprint density at radius 3 is 2.43 bits per heavy atom. The van der Waals surface area contributed by atoms with Crippen molar-refractivity contribution in [2.45, 2.75) is 6.92 Å². The Morgan fingerprint density at radius 2 is 1.86 bits per heavy atom. The van der Waals surface area contributed by atoms with E-state index in [1.165, 1.54) is 20.3 Å². The van der Waals surface area contributed by atoms with E-state index in [1.54, 1.807) is 13.0 Å². The maximum atomic E-state index is 12.0. The molecule has 0 unspecified atom stereocenters. The van der Waals surface area contributed by atoms with Gasteiger partial charge in [-0.05, 0) is 13.0 Å². The fourth-order valence-electron chi connectivity index (χ4n) is 1.90. The molecule has 0 spiro atoms. The van der Waals surface area contributed by atoms with Crippen molar-refractivity contribution in [1.82, 2.24) is 0 Å². The Kier molecular flexibility index (Phi) is 4.32. The molecule has 0 atom stereocenters. The SMILES string of the molecule is CCOC(=O)c1c(O)c2cc(OC)c(OC)cc2sc1=O. The molecule has 21 heavy (non-hydrogen) atoms. The summed E-state index contributed by atoms with van der Waals surface area (Å²) >= 11 is 0.833. The highest BCUT2D eigenvalue weighted by Crippen LogP contribution is 2.38. The summed E-state index contributed by atoms with van der Waals surface area (Å²) in [5.41, 5.74) is -0.360. The van der Waals surface area contributed by atoms with Gasteiger partial charge in [0.1, 0.15) is 5.75 Å². The van der Waals surface area contributed by atoms with Crippen molar-refractivity contribution in [2.75, 3.05) is 20.8 Å². The minimum absolute atomic E-state index is 0.117. The molecule has 0 aliphatic rings. The molecule has 0 aliphatic carbocycles. The van der Waals surface area contributed by atoms with Crippen molar-refractivity contribution >= 4 is 27.4 Å². The number of methoxy groups -OCH3 is 2. The second-order valence-corrected chi connectivity index (χ2v) is 5.05. The van der Waals surface area contributed by atoms with Gasteiger partial charge in [-0.15, -0.1) is 0 Å². The third-order valence-corrected chi connectivity index (χ3v) is 3.81. The highest BCUT2D eigenvalue weighted by Gasteiger charge is 2.22.